The molecule has 0 aliphatic carbocycles. The first kappa shape index (κ1) is 15.0. The van der Waals surface area contributed by atoms with Crippen molar-refractivity contribution in [1.29, 1.82) is 0 Å². The van der Waals surface area contributed by atoms with Gasteiger partial charge in [-0.1, -0.05) is 12.1 Å². The number of rotatable bonds is 4. The Morgan fingerprint density at radius 2 is 2.25 bits per heavy atom. The van der Waals surface area contributed by atoms with Crippen LogP contribution < -0.4 is 5.32 Å². The van der Waals surface area contributed by atoms with Crippen LogP contribution in [-0.2, 0) is 24.4 Å². The SMILES string of the molecule is Cc1nc(-c2cccc(NCc3cnc4n3CCOC4)c2)[nH]c1C. The van der Waals surface area contributed by atoms with Gasteiger partial charge in [0.2, 0.25) is 0 Å². The Bertz CT molecular complexity index is 845. The summed E-state index contributed by atoms with van der Waals surface area (Å²) < 4.78 is 7.67. The Morgan fingerprint density at radius 1 is 1.33 bits per heavy atom. The molecule has 1 aromatic carbocycles. The molecule has 0 atom stereocenters. The van der Waals surface area contributed by atoms with Crippen LogP contribution in [-0.4, -0.2) is 26.1 Å². The minimum absolute atomic E-state index is 0.604. The Balaban J connectivity index is 1.51. The Labute approximate surface area is 140 Å². The van der Waals surface area contributed by atoms with Crippen molar-refractivity contribution in [2.75, 3.05) is 11.9 Å². The molecule has 124 valence electrons. The molecule has 0 radical (unpaired) electrons. The average Bonchev–Trinajstić information content (AvgIpc) is 3.17. The van der Waals surface area contributed by atoms with E-state index in [-0.39, 0.29) is 0 Å². The van der Waals surface area contributed by atoms with Gasteiger partial charge in [0.25, 0.3) is 0 Å². The zero-order valence-corrected chi connectivity index (χ0v) is 14.0. The molecular weight excluding hydrogens is 302 g/mol. The highest BCUT2D eigenvalue weighted by Crippen LogP contribution is 2.22. The van der Waals surface area contributed by atoms with Crippen molar-refractivity contribution in [1.82, 2.24) is 19.5 Å². The molecule has 24 heavy (non-hydrogen) atoms. The van der Waals surface area contributed by atoms with Crippen LogP contribution in [0.2, 0.25) is 0 Å². The van der Waals surface area contributed by atoms with Gasteiger partial charge in [-0.05, 0) is 26.0 Å². The quantitative estimate of drug-likeness (QED) is 0.774. The van der Waals surface area contributed by atoms with Crippen molar-refractivity contribution in [2.45, 2.75) is 33.5 Å². The Hall–Kier alpha value is -2.60. The maximum absolute atomic E-state index is 5.43. The fourth-order valence-corrected chi connectivity index (χ4v) is 2.96. The predicted molar refractivity (Wildman–Crippen MR) is 92.7 cm³/mol. The van der Waals surface area contributed by atoms with E-state index in [0.29, 0.717) is 6.61 Å². The van der Waals surface area contributed by atoms with Gasteiger partial charge in [0.15, 0.2) is 0 Å². The van der Waals surface area contributed by atoms with E-state index in [4.69, 9.17) is 4.74 Å². The number of aromatic amines is 1. The maximum atomic E-state index is 5.43. The van der Waals surface area contributed by atoms with Gasteiger partial charge in [-0.3, -0.25) is 0 Å². The van der Waals surface area contributed by atoms with Crippen LogP contribution in [0.3, 0.4) is 0 Å². The van der Waals surface area contributed by atoms with Crippen molar-refractivity contribution in [3.63, 3.8) is 0 Å². The number of benzene rings is 1. The van der Waals surface area contributed by atoms with E-state index in [2.05, 4.69) is 43.0 Å². The summed E-state index contributed by atoms with van der Waals surface area (Å²) >= 11 is 0. The summed E-state index contributed by atoms with van der Waals surface area (Å²) in [5, 5.41) is 3.49. The number of hydrogen-bond acceptors (Lipinski definition) is 4. The third-order valence-electron chi connectivity index (χ3n) is 4.45. The summed E-state index contributed by atoms with van der Waals surface area (Å²) in [4.78, 5) is 12.3. The number of fused-ring (bicyclic) bond motifs is 1. The lowest BCUT2D eigenvalue weighted by atomic mass is 10.2. The minimum atomic E-state index is 0.604. The third kappa shape index (κ3) is 2.80. The normalized spacial score (nSPS) is 13.8. The topological polar surface area (TPSA) is 67.8 Å². The van der Waals surface area contributed by atoms with Gasteiger partial charge in [0.1, 0.15) is 18.3 Å². The second-order valence-corrected chi connectivity index (χ2v) is 6.10. The molecular formula is C18H21N5O. The number of H-pyrrole nitrogens is 1. The van der Waals surface area contributed by atoms with Crippen LogP contribution >= 0.6 is 0 Å². The molecule has 3 heterocycles. The summed E-state index contributed by atoms with van der Waals surface area (Å²) in [5.41, 5.74) is 5.48. The van der Waals surface area contributed by atoms with Gasteiger partial charge in [-0.15, -0.1) is 0 Å². The predicted octanol–water partition coefficient (Wildman–Crippen LogP) is 3.03. The number of aromatic nitrogens is 4. The Kier molecular flexibility index (Phi) is 3.82. The molecule has 0 spiro atoms. The van der Waals surface area contributed by atoms with Gasteiger partial charge in [0, 0.05) is 23.5 Å². The first-order valence-electron chi connectivity index (χ1n) is 8.19. The van der Waals surface area contributed by atoms with E-state index in [1.165, 1.54) is 5.69 Å². The standard InChI is InChI=1S/C18H21N5O/c1-12-13(2)22-18(21-12)14-4-3-5-15(8-14)19-9-16-10-20-17-11-24-7-6-23(16)17/h3-5,8,10,19H,6-7,9,11H2,1-2H3,(H,21,22). The Morgan fingerprint density at radius 3 is 3.08 bits per heavy atom. The zero-order valence-electron chi connectivity index (χ0n) is 14.0. The summed E-state index contributed by atoms with van der Waals surface area (Å²) in [6.07, 6.45) is 1.93. The molecule has 4 rings (SSSR count). The molecule has 3 aromatic rings. The van der Waals surface area contributed by atoms with Crippen molar-refractivity contribution in [3.05, 3.63) is 53.4 Å². The van der Waals surface area contributed by atoms with Crippen molar-refractivity contribution < 1.29 is 4.74 Å². The van der Waals surface area contributed by atoms with E-state index in [1.807, 2.05) is 26.1 Å². The molecule has 0 amide bonds. The third-order valence-corrected chi connectivity index (χ3v) is 4.45. The van der Waals surface area contributed by atoms with E-state index < -0.39 is 0 Å². The van der Waals surface area contributed by atoms with Crippen LogP contribution in [0.4, 0.5) is 5.69 Å². The van der Waals surface area contributed by atoms with Gasteiger partial charge >= 0.3 is 0 Å². The number of nitrogens with zero attached hydrogens (tertiary/aromatic N) is 3. The summed E-state index contributed by atoms with van der Waals surface area (Å²) in [6.45, 7) is 7.03. The second-order valence-electron chi connectivity index (χ2n) is 6.10. The first-order valence-corrected chi connectivity index (χ1v) is 8.19. The van der Waals surface area contributed by atoms with Gasteiger partial charge in [0.05, 0.1) is 30.7 Å². The largest absolute Gasteiger partial charge is 0.379 e. The lowest BCUT2D eigenvalue weighted by molar-refractivity contribution is 0.0807. The number of hydrogen-bond donors (Lipinski definition) is 2. The molecule has 0 fully saturated rings. The monoisotopic (exact) mass is 323 g/mol. The first-order chi connectivity index (χ1) is 11.7. The number of anilines is 1. The number of aryl methyl sites for hydroxylation is 2. The fourth-order valence-electron chi connectivity index (χ4n) is 2.96. The lowest BCUT2D eigenvalue weighted by Crippen LogP contribution is -2.19. The van der Waals surface area contributed by atoms with Crippen LogP contribution in [0.25, 0.3) is 11.4 Å². The summed E-state index contributed by atoms with van der Waals surface area (Å²) in [7, 11) is 0. The number of nitrogens with one attached hydrogen (secondary N) is 2. The van der Waals surface area contributed by atoms with Gasteiger partial charge in [-0.25, -0.2) is 9.97 Å². The van der Waals surface area contributed by atoms with Crippen LogP contribution in [0, 0.1) is 13.8 Å². The molecule has 1 aliphatic rings. The van der Waals surface area contributed by atoms with E-state index in [0.717, 1.165) is 54.0 Å². The average molecular weight is 323 g/mol. The molecule has 6 heteroatoms. The molecule has 1 aliphatic heterocycles. The van der Waals surface area contributed by atoms with E-state index in [1.54, 1.807) is 0 Å². The van der Waals surface area contributed by atoms with E-state index in [9.17, 15) is 0 Å². The van der Waals surface area contributed by atoms with Crippen LogP contribution in [0.1, 0.15) is 22.9 Å². The van der Waals surface area contributed by atoms with Crippen LogP contribution in [0.15, 0.2) is 30.5 Å². The van der Waals surface area contributed by atoms with Crippen LogP contribution in [0.5, 0.6) is 0 Å². The van der Waals surface area contributed by atoms with Crippen molar-refractivity contribution in [2.24, 2.45) is 0 Å². The second kappa shape index (κ2) is 6.13. The molecule has 0 saturated carbocycles. The number of ether oxygens (including phenoxy) is 1. The van der Waals surface area contributed by atoms with Crippen molar-refractivity contribution >= 4 is 5.69 Å². The minimum Gasteiger partial charge on any atom is -0.379 e. The van der Waals surface area contributed by atoms with Crippen molar-refractivity contribution in [3.8, 4) is 11.4 Å². The highest BCUT2D eigenvalue weighted by atomic mass is 16.5. The highest BCUT2D eigenvalue weighted by molar-refractivity contribution is 5.63. The fraction of sp³-hybridized carbons (Fsp3) is 0.333. The van der Waals surface area contributed by atoms with E-state index >= 15 is 0 Å². The highest BCUT2D eigenvalue weighted by Gasteiger charge is 2.14. The molecule has 2 aromatic heterocycles. The molecule has 2 N–H and O–H groups in total. The summed E-state index contributed by atoms with van der Waals surface area (Å²) in [5.74, 6) is 1.92. The number of imidazole rings is 2. The molecule has 0 unspecified atom stereocenters. The lowest BCUT2D eigenvalue weighted by Gasteiger charge is -2.17. The van der Waals surface area contributed by atoms with Gasteiger partial charge < -0.3 is 19.6 Å². The maximum Gasteiger partial charge on any atom is 0.137 e. The smallest absolute Gasteiger partial charge is 0.137 e. The summed E-state index contributed by atoms with van der Waals surface area (Å²) in [6, 6.07) is 8.31. The van der Waals surface area contributed by atoms with Gasteiger partial charge in [-0.2, -0.15) is 0 Å². The molecule has 6 nitrogen and oxygen atoms in total. The zero-order chi connectivity index (χ0) is 16.5. The molecule has 0 saturated heterocycles. The molecule has 0 bridgehead atoms.